The lowest BCUT2D eigenvalue weighted by Gasteiger charge is -2.11. The van der Waals surface area contributed by atoms with Crippen molar-refractivity contribution in [2.75, 3.05) is 0 Å². The Morgan fingerprint density at radius 3 is 2.30 bits per heavy atom. The zero-order valence-corrected chi connectivity index (χ0v) is 10.5. The highest BCUT2D eigenvalue weighted by molar-refractivity contribution is 5.58. The van der Waals surface area contributed by atoms with Crippen LogP contribution in [0.1, 0.15) is 0 Å². The second-order valence-corrected chi connectivity index (χ2v) is 4.28. The molecule has 98 valence electrons. The van der Waals surface area contributed by atoms with Crippen molar-refractivity contribution >= 4 is 0 Å². The molecule has 0 atom stereocenters. The molecule has 0 saturated heterocycles. The van der Waals surface area contributed by atoms with E-state index < -0.39 is 0 Å². The molecule has 20 heavy (non-hydrogen) atoms. The highest BCUT2D eigenvalue weighted by atomic mass is 19.1. The predicted molar refractivity (Wildman–Crippen MR) is 75.2 cm³/mol. The van der Waals surface area contributed by atoms with Crippen LogP contribution >= 0.6 is 0 Å². The summed E-state index contributed by atoms with van der Waals surface area (Å²) >= 11 is 0. The van der Waals surface area contributed by atoms with E-state index in [0.717, 1.165) is 5.56 Å². The Morgan fingerprint density at radius 2 is 1.60 bits per heavy atom. The summed E-state index contributed by atoms with van der Waals surface area (Å²) < 4.78 is 14.5. The molecular weight excluding hydrogens is 255 g/mol. The van der Waals surface area contributed by atoms with E-state index >= 15 is 0 Å². The van der Waals surface area contributed by atoms with Crippen molar-refractivity contribution < 1.29 is 4.39 Å². The van der Waals surface area contributed by atoms with Crippen LogP contribution in [0.4, 0.5) is 4.39 Å². The Labute approximate surface area is 115 Å². The minimum atomic E-state index is -0.341. The first-order chi connectivity index (χ1) is 9.75. The van der Waals surface area contributed by atoms with Crippen molar-refractivity contribution in [1.82, 2.24) is 9.55 Å². The standard InChI is InChI=1S/C16H11FN2O/c17-13-6-8-14(9-7-13)19-15(20)10-11-18-16(19)12-4-2-1-3-5-12/h1-11H. The first kappa shape index (κ1) is 12.3. The molecule has 0 bridgehead atoms. The molecule has 0 spiro atoms. The van der Waals surface area contributed by atoms with Crippen LogP contribution in [0.25, 0.3) is 17.1 Å². The molecule has 3 rings (SSSR count). The van der Waals surface area contributed by atoms with Gasteiger partial charge in [0, 0.05) is 17.8 Å². The van der Waals surface area contributed by atoms with Gasteiger partial charge in [-0.15, -0.1) is 0 Å². The number of benzene rings is 2. The third kappa shape index (κ3) is 2.23. The molecule has 0 fully saturated rings. The predicted octanol–water partition coefficient (Wildman–Crippen LogP) is 3.04. The third-order valence-corrected chi connectivity index (χ3v) is 2.96. The molecule has 0 saturated carbocycles. The second kappa shape index (κ2) is 5.09. The van der Waals surface area contributed by atoms with Crippen molar-refractivity contribution in [1.29, 1.82) is 0 Å². The highest BCUT2D eigenvalue weighted by Crippen LogP contribution is 2.18. The molecule has 0 aliphatic rings. The molecular formula is C16H11FN2O. The van der Waals surface area contributed by atoms with Gasteiger partial charge in [-0.3, -0.25) is 9.36 Å². The Bertz CT molecular complexity index is 780. The van der Waals surface area contributed by atoms with Crippen LogP contribution in [0.15, 0.2) is 71.7 Å². The van der Waals surface area contributed by atoms with Gasteiger partial charge in [0.15, 0.2) is 0 Å². The topological polar surface area (TPSA) is 34.9 Å². The number of hydrogen-bond donors (Lipinski definition) is 0. The molecule has 1 heterocycles. The van der Waals surface area contributed by atoms with Gasteiger partial charge in [-0.05, 0) is 24.3 Å². The monoisotopic (exact) mass is 266 g/mol. The van der Waals surface area contributed by atoms with Gasteiger partial charge in [0.05, 0.1) is 5.69 Å². The average molecular weight is 266 g/mol. The molecule has 4 heteroatoms. The normalized spacial score (nSPS) is 10.4. The Morgan fingerprint density at radius 1 is 0.900 bits per heavy atom. The van der Waals surface area contributed by atoms with Crippen LogP contribution in [-0.2, 0) is 0 Å². The van der Waals surface area contributed by atoms with E-state index in [1.54, 1.807) is 12.1 Å². The van der Waals surface area contributed by atoms with Gasteiger partial charge in [-0.1, -0.05) is 30.3 Å². The number of aromatic nitrogens is 2. The fourth-order valence-corrected chi connectivity index (χ4v) is 2.04. The highest BCUT2D eigenvalue weighted by Gasteiger charge is 2.09. The zero-order chi connectivity index (χ0) is 13.9. The lowest BCUT2D eigenvalue weighted by atomic mass is 10.2. The quantitative estimate of drug-likeness (QED) is 0.714. The summed E-state index contributed by atoms with van der Waals surface area (Å²) in [5, 5.41) is 0. The maximum atomic E-state index is 13.0. The van der Waals surface area contributed by atoms with E-state index in [-0.39, 0.29) is 11.4 Å². The molecule has 3 aromatic rings. The SMILES string of the molecule is O=c1ccnc(-c2ccccc2)n1-c1ccc(F)cc1. The minimum Gasteiger partial charge on any atom is -0.269 e. The molecule has 0 unspecified atom stereocenters. The fourth-order valence-electron chi connectivity index (χ4n) is 2.04. The molecule has 2 aromatic carbocycles. The smallest absolute Gasteiger partial charge is 0.258 e. The van der Waals surface area contributed by atoms with Crippen LogP contribution in [-0.4, -0.2) is 9.55 Å². The van der Waals surface area contributed by atoms with Crippen molar-refractivity contribution in [2.24, 2.45) is 0 Å². The van der Waals surface area contributed by atoms with Crippen LogP contribution in [0.2, 0.25) is 0 Å². The molecule has 1 aromatic heterocycles. The van der Waals surface area contributed by atoms with Gasteiger partial charge >= 0.3 is 0 Å². The van der Waals surface area contributed by atoms with Crippen molar-refractivity contribution in [3.05, 3.63) is 83.0 Å². The van der Waals surface area contributed by atoms with Crippen LogP contribution in [0.5, 0.6) is 0 Å². The molecule has 0 aliphatic heterocycles. The van der Waals surface area contributed by atoms with Crippen molar-refractivity contribution in [2.45, 2.75) is 0 Å². The largest absolute Gasteiger partial charge is 0.269 e. The van der Waals surface area contributed by atoms with Gasteiger partial charge < -0.3 is 0 Å². The maximum absolute atomic E-state index is 13.0. The van der Waals surface area contributed by atoms with E-state index in [1.807, 2.05) is 30.3 Å². The summed E-state index contributed by atoms with van der Waals surface area (Å²) in [5.41, 5.74) is 1.21. The minimum absolute atomic E-state index is 0.203. The summed E-state index contributed by atoms with van der Waals surface area (Å²) in [7, 11) is 0. The van der Waals surface area contributed by atoms with Crippen LogP contribution < -0.4 is 5.56 Å². The second-order valence-electron chi connectivity index (χ2n) is 4.28. The van der Waals surface area contributed by atoms with E-state index in [2.05, 4.69) is 4.98 Å². The Hall–Kier alpha value is -2.75. The molecule has 3 nitrogen and oxygen atoms in total. The van der Waals surface area contributed by atoms with E-state index in [0.29, 0.717) is 11.5 Å². The number of hydrogen-bond acceptors (Lipinski definition) is 2. The zero-order valence-electron chi connectivity index (χ0n) is 10.5. The summed E-state index contributed by atoms with van der Waals surface area (Å²) in [6.07, 6.45) is 1.48. The number of halogens is 1. The van der Waals surface area contributed by atoms with Gasteiger partial charge in [-0.2, -0.15) is 0 Å². The molecule has 0 aliphatic carbocycles. The third-order valence-electron chi connectivity index (χ3n) is 2.96. The summed E-state index contributed by atoms with van der Waals surface area (Å²) in [5.74, 6) is 0.191. The van der Waals surface area contributed by atoms with E-state index in [9.17, 15) is 9.18 Å². The molecule has 0 N–H and O–H groups in total. The lowest BCUT2D eigenvalue weighted by Crippen LogP contribution is -2.20. The van der Waals surface area contributed by atoms with Crippen molar-refractivity contribution in [3.63, 3.8) is 0 Å². The van der Waals surface area contributed by atoms with E-state index in [4.69, 9.17) is 0 Å². The van der Waals surface area contributed by atoms with Crippen molar-refractivity contribution in [3.8, 4) is 17.1 Å². The summed E-state index contributed by atoms with van der Waals surface area (Å²) in [4.78, 5) is 16.4. The van der Waals surface area contributed by atoms with Crippen LogP contribution in [0.3, 0.4) is 0 Å². The molecule has 0 amide bonds. The summed E-state index contributed by atoms with van der Waals surface area (Å²) in [6, 6.07) is 16.6. The maximum Gasteiger partial charge on any atom is 0.258 e. The van der Waals surface area contributed by atoms with Gasteiger partial charge in [0.25, 0.3) is 5.56 Å². The number of rotatable bonds is 2. The average Bonchev–Trinajstić information content (AvgIpc) is 2.49. The lowest BCUT2D eigenvalue weighted by molar-refractivity contribution is 0.627. The van der Waals surface area contributed by atoms with Gasteiger partial charge in [0.2, 0.25) is 0 Å². The van der Waals surface area contributed by atoms with Crippen LogP contribution in [0, 0.1) is 5.82 Å². The van der Waals surface area contributed by atoms with Gasteiger partial charge in [-0.25, -0.2) is 9.37 Å². The fraction of sp³-hybridized carbons (Fsp3) is 0. The molecule has 0 radical (unpaired) electrons. The number of nitrogens with zero attached hydrogens (tertiary/aromatic N) is 2. The van der Waals surface area contributed by atoms with E-state index in [1.165, 1.54) is 29.0 Å². The Balaban J connectivity index is 2.25. The summed E-state index contributed by atoms with van der Waals surface area (Å²) in [6.45, 7) is 0. The first-order valence-corrected chi connectivity index (χ1v) is 6.15. The first-order valence-electron chi connectivity index (χ1n) is 6.15. The van der Waals surface area contributed by atoms with Gasteiger partial charge in [0.1, 0.15) is 11.6 Å². The Kier molecular flexibility index (Phi) is 3.13.